The number of fused-ring (bicyclic) bond motifs is 1. The van der Waals surface area contributed by atoms with Gasteiger partial charge in [-0.3, -0.25) is 9.78 Å². The minimum absolute atomic E-state index is 0.113. The molecule has 5 nitrogen and oxygen atoms in total. The second-order valence-corrected chi connectivity index (χ2v) is 5.71. The molecule has 0 bridgehead atoms. The van der Waals surface area contributed by atoms with E-state index in [4.69, 9.17) is 0 Å². The van der Waals surface area contributed by atoms with Crippen molar-refractivity contribution >= 4 is 16.9 Å². The molecule has 118 valence electrons. The fourth-order valence-corrected chi connectivity index (χ4v) is 2.56. The average molecular weight is 308 g/mol. The molecule has 0 spiro atoms. The van der Waals surface area contributed by atoms with Crippen molar-refractivity contribution in [3.05, 3.63) is 60.2 Å². The van der Waals surface area contributed by atoms with E-state index in [-0.39, 0.29) is 17.9 Å². The topological polar surface area (TPSA) is 70.7 Å². The van der Waals surface area contributed by atoms with Gasteiger partial charge in [-0.05, 0) is 30.2 Å². The molecule has 1 aromatic carbocycles. The van der Waals surface area contributed by atoms with Crippen molar-refractivity contribution in [2.45, 2.75) is 26.3 Å². The number of hydrogen-bond donors (Lipinski definition) is 2. The highest BCUT2D eigenvalue weighted by Crippen LogP contribution is 2.25. The van der Waals surface area contributed by atoms with Crippen molar-refractivity contribution in [1.29, 1.82) is 0 Å². The Morgan fingerprint density at radius 1 is 1.22 bits per heavy atom. The Morgan fingerprint density at radius 3 is 2.65 bits per heavy atom. The van der Waals surface area contributed by atoms with Gasteiger partial charge in [-0.1, -0.05) is 32.4 Å². The number of hydrogen-bond acceptors (Lipinski definition) is 3. The van der Waals surface area contributed by atoms with Crippen molar-refractivity contribution in [2.24, 2.45) is 5.92 Å². The predicted octanol–water partition coefficient (Wildman–Crippen LogP) is 3.48. The third-order valence-corrected chi connectivity index (χ3v) is 4.14. The van der Waals surface area contributed by atoms with Crippen LogP contribution >= 0.6 is 0 Å². The molecule has 2 aromatic heterocycles. The molecule has 0 radical (unpaired) electrons. The van der Waals surface area contributed by atoms with Crippen LogP contribution in [0.1, 0.15) is 42.5 Å². The number of carbonyl (C=O) groups excluding carboxylic acids is 1. The number of rotatable bonds is 5. The lowest BCUT2D eigenvalue weighted by molar-refractivity contribution is 0.0920. The third-order valence-electron chi connectivity index (χ3n) is 4.14. The Hall–Kier alpha value is -2.69. The maximum atomic E-state index is 12.5. The van der Waals surface area contributed by atoms with Gasteiger partial charge in [-0.15, -0.1) is 0 Å². The number of para-hydroxylation sites is 2. The maximum Gasteiger partial charge on any atom is 0.251 e. The summed E-state index contributed by atoms with van der Waals surface area (Å²) in [4.78, 5) is 24.4. The van der Waals surface area contributed by atoms with Crippen LogP contribution in [0.5, 0.6) is 0 Å². The standard InChI is InChI=1S/C18H20N4O/c1-3-12(2)16(22-18(23)13-8-10-19-11-9-13)17-20-14-6-4-5-7-15(14)21-17/h4-12,16H,3H2,1-2H3,(H,20,21)(H,22,23)/t12-,16+/m1/s1. The van der Waals surface area contributed by atoms with Crippen LogP contribution in [0.25, 0.3) is 11.0 Å². The normalized spacial score (nSPS) is 13.7. The number of benzene rings is 1. The Labute approximate surface area is 135 Å². The fourth-order valence-electron chi connectivity index (χ4n) is 2.56. The van der Waals surface area contributed by atoms with Gasteiger partial charge in [0.25, 0.3) is 5.91 Å². The van der Waals surface area contributed by atoms with Crippen LogP contribution < -0.4 is 5.32 Å². The van der Waals surface area contributed by atoms with E-state index < -0.39 is 0 Å². The first-order valence-electron chi connectivity index (χ1n) is 7.84. The van der Waals surface area contributed by atoms with Crippen molar-refractivity contribution in [3.8, 4) is 0 Å². The molecule has 0 aliphatic rings. The van der Waals surface area contributed by atoms with Crippen molar-refractivity contribution in [3.63, 3.8) is 0 Å². The molecule has 3 aromatic rings. The molecule has 23 heavy (non-hydrogen) atoms. The second-order valence-electron chi connectivity index (χ2n) is 5.71. The molecule has 1 amide bonds. The second kappa shape index (κ2) is 6.60. The van der Waals surface area contributed by atoms with E-state index in [9.17, 15) is 4.79 Å². The number of carbonyl (C=O) groups is 1. The SMILES string of the molecule is CC[C@@H](C)[C@H](NC(=O)c1ccncc1)c1nc2ccccc2[nH]1. The summed E-state index contributed by atoms with van der Waals surface area (Å²) >= 11 is 0. The summed E-state index contributed by atoms with van der Waals surface area (Å²) in [5.41, 5.74) is 2.49. The Morgan fingerprint density at radius 2 is 1.96 bits per heavy atom. The average Bonchev–Trinajstić information content (AvgIpc) is 3.03. The van der Waals surface area contributed by atoms with Crippen LogP contribution in [0.4, 0.5) is 0 Å². The van der Waals surface area contributed by atoms with Gasteiger partial charge in [0.1, 0.15) is 5.82 Å². The minimum atomic E-state index is -0.159. The monoisotopic (exact) mass is 308 g/mol. The fraction of sp³-hybridized carbons (Fsp3) is 0.278. The van der Waals surface area contributed by atoms with Gasteiger partial charge in [0.15, 0.2) is 0 Å². The maximum absolute atomic E-state index is 12.5. The number of imidazole rings is 1. The highest BCUT2D eigenvalue weighted by Gasteiger charge is 2.24. The molecule has 0 aliphatic heterocycles. The zero-order chi connectivity index (χ0) is 16.2. The minimum Gasteiger partial charge on any atom is -0.342 e. The number of aromatic amines is 1. The van der Waals surface area contributed by atoms with E-state index in [1.54, 1.807) is 24.5 Å². The van der Waals surface area contributed by atoms with Gasteiger partial charge in [0, 0.05) is 18.0 Å². The van der Waals surface area contributed by atoms with Crippen LogP contribution in [0, 0.1) is 5.92 Å². The van der Waals surface area contributed by atoms with Gasteiger partial charge >= 0.3 is 0 Å². The first-order valence-corrected chi connectivity index (χ1v) is 7.84. The zero-order valence-electron chi connectivity index (χ0n) is 13.3. The molecule has 0 aliphatic carbocycles. The molecular formula is C18H20N4O. The number of amides is 1. The van der Waals surface area contributed by atoms with Crippen LogP contribution in [0.3, 0.4) is 0 Å². The van der Waals surface area contributed by atoms with Gasteiger partial charge in [0.2, 0.25) is 0 Å². The summed E-state index contributed by atoms with van der Waals surface area (Å²) in [6, 6.07) is 11.1. The number of nitrogens with one attached hydrogen (secondary N) is 2. The van der Waals surface area contributed by atoms with Crippen molar-refractivity contribution in [2.75, 3.05) is 0 Å². The lowest BCUT2D eigenvalue weighted by Gasteiger charge is -2.22. The van der Waals surface area contributed by atoms with Gasteiger partial charge in [-0.2, -0.15) is 0 Å². The molecule has 0 unspecified atom stereocenters. The Bertz CT molecular complexity index is 764. The Balaban J connectivity index is 1.90. The van der Waals surface area contributed by atoms with Crippen molar-refractivity contribution < 1.29 is 4.79 Å². The summed E-state index contributed by atoms with van der Waals surface area (Å²) in [7, 11) is 0. The molecule has 2 heterocycles. The number of pyridine rings is 1. The number of H-pyrrole nitrogens is 1. The van der Waals surface area contributed by atoms with Crippen molar-refractivity contribution in [1.82, 2.24) is 20.3 Å². The molecular weight excluding hydrogens is 288 g/mol. The number of nitrogens with zero attached hydrogens (tertiary/aromatic N) is 2. The predicted molar refractivity (Wildman–Crippen MR) is 90.0 cm³/mol. The molecule has 0 saturated carbocycles. The largest absolute Gasteiger partial charge is 0.342 e. The van der Waals surface area contributed by atoms with Crippen LogP contribution in [0.15, 0.2) is 48.8 Å². The van der Waals surface area contributed by atoms with Gasteiger partial charge < -0.3 is 10.3 Å². The zero-order valence-corrected chi connectivity index (χ0v) is 13.3. The first-order chi connectivity index (χ1) is 11.2. The summed E-state index contributed by atoms with van der Waals surface area (Å²) in [6.07, 6.45) is 4.18. The molecule has 2 atom stereocenters. The summed E-state index contributed by atoms with van der Waals surface area (Å²) in [5.74, 6) is 0.947. The Kier molecular flexibility index (Phi) is 4.37. The lowest BCUT2D eigenvalue weighted by atomic mass is 9.98. The molecule has 5 heteroatoms. The van der Waals surface area contributed by atoms with E-state index in [0.29, 0.717) is 5.56 Å². The van der Waals surface area contributed by atoms with Gasteiger partial charge in [-0.25, -0.2) is 4.98 Å². The van der Waals surface area contributed by atoms with E-state index >= 15 is 0 Å². The van der Waals surface area contributed by atoms with Crippen LogP contribution in [-0.4, -0.2) is 20.9 Å². The van der Waals surface area contributed by atoms with Crippen LogP contribution in [-0.2, 0) is 0 Å². The smallest absolute Gasteiger partial charge is 0.251 e. The van der Waals surface area contributed by atoms with E-state index in [1.807, 2.05) is 24.3 Å². The highest BCUT2D eigenvalue weighted by atomic mass is 16.1. The summed E-state index contributed by atoms with van der Waals surface area (Å²) < 4.78 is 0. The van der Waals surface area contributed by atoms with Gasteiger partial charge in [0.05, 0.1) is 17.1 Å². The number of aromatic nitrogens is 3. The first kappa shape index (κ1) is 15.2. The highest BCUT2D eigenvalue weighted by molar-refractivity contribution is 5.94. The molecule has 0 fully saturated rings. The van der Waals surface area contributed by atoms with E-state index in [2.05, 4.69) is 34.1 Å². The summed E-state index contributed by atoms with van der Waals surface area (Å²) in [6.45, 7) is 4.23. The molecule has 3 rings (SSSR count). The molecule has 0 saturated heterocycles. The quantitative estimate of drug-likeness (QED) is 0.758. The lowest BCUT2D eigenvalue weighted by Crippen LogP contribution is -2.33. The molecule has 2 N–H and O–H groups in total. The summed E-state index contributed by atoms with van der Waals surface area (Å²) in [5, 5.41) is 3.10. The van der Waals surface area contributed by atoms with E-state index in [0.717, 1.165) is 23.3 Å². The third kappa shape index (κ3) is 3.23. The van der Waals surface area contributed by atoms with Crippen LogP contribution in [0.2, 0.25) is 0 Å². The van der Waals surface area contributed by atoms with E-state index in [1.165, 1.54) is 0 Å².